The van der Waals surface area contributed by atoms with E-state index in [1.807, 2.05) is 52.3 Å². The van der Waals surface area contributed by atoms with Crippen molar-refractivity contribution in [2.45, 2.75) is 12.5 Å². The van der Waals surface area contributed by atoms with Crippen LogP contribution in [-0.4, -0.2) is 56.0 Å². The SMILES string of the molecule is CNC(=O)[C@@H]1CN(CC(=O)N2CC=C(c3ccccc3)CC2)c2ccccc2O1. The zero-order valence-corrected chi connectivity index (χ0v) is 16.5. The zero-order chi connectivity index (χ0) is 20.2. The summed E-state index contributed by atoms with van der Waals surface area (Å²) in [7, 11) is 1.59. The van der Waals surface area contributed by atoms with Crippen LogP contribution >= 0.6 is 0 Å². The largest absolute Gasteiger partial charge is 0.477 e. The Balaban J connectivity index is 1.45. The van der Waals surface area contributed by atoms with E-state index >= 15 is 0 Å². The van der Waals surface area contributed by atoms with Gasteiger partial charge in [-0.3, -0.25) is 9.59 Å². The summed E-state index contributed by atoms with van der Waals surface area (Å²) in [6.45, 7) is 1.88. The fourth-order valence-corrected chi connectivity index (χ4v) is 3.83. The lowest BCUT2D eigenvalue weighted by Crippen LogP contribution is -2.51. The van der Waals surface area contributed by atoms with E-state index in [0.29, 0.717) is 25.4 Å². The van der Waals surface area contributed by atoms with Crippen LogP contribution in [0.1, 0.15) is 12.0 Å². The van der Waals surface area contributed by atoms with Crippen molar-refractivity contribution in [3.05, 3.63) is 66.2 Å². The Bertz CT molecular complexity index is 926. The summed E-state index contributed by atoms with van der Waals surface area (Å²) in [5.41, 5.74) is 3.35. The van der Waals surface area contributed by atoms with Crippen molar-refractivity contribution in [2.75, 3.05) is 38.1 Å². The Kier molecular flexibility index (Phi) is 5.51. The first-order chi connectivity index (χ1) is 14.2. The maximum Gasteiger partial charge on any atom is 0.262 e. The second-order valence-corrected chi connectivity index (χ2v) is 7.25. The van der Waals surface area contributed by atoms with Crippen molar-refractivity contribution in [1.82, 2.24) is 10.2 Å². The summed E-state index contributed by atoms with van der Waals surface area (Å²) >= 11 is 0. The highest BCUT2D eigenvalue weighted by molar-refractivity contribution is 5.86. The normalized spacial score (nSPS) is 18.4. The van der Waals surface area contributed by atoms with E-state index in [9.17, 15) is 9.59 Å². The Morgan fingerprint density at radius 1 is 1.10 bits per heavy atom. The Hall–Kier alpha value is -3.28. The number of nitrogens with zero attached hydrogens (tertiary/aromatic N) is 2. The van der Waals surface area contributed by atoms with Crippen molar-refractivity contribution in [1.29, 1.82) is 0 Å². The maximum atomic E-state index is 13.0. The van der Waals surface area contributed by atoms with Crippen LogP contribution in [0, 0.1) is 0 Å². The van der Waals surface area contributed by atoms with E-state index in [-0.39, 0.29) is 18.4 Å². The third-order valence-electron chi connectivity index (χ3n) is 5.43. The van der Waals surface area contributed by atoms with Gasteiger partial charge in [-0.15, -0.1) is 0 Å². The summed E-state index contributed by atoms with van der Waals surface area (Å²) in [5, 5.41) is 2.63. The van der Waals surface area contributed by atoms with Gasteiger partial charge in [0.25, 0.3) is 5.91 Å². The molecule has 2 aliphatic heterocycles. The second-order valence-electron chi connectivity index (χ2n) is 7.25. The minimum Gasteiger partial charge on any atom is -0.477 e. The van der Waals surface area contributed by atoms with Gasteiger partial charge < -0.3 is 19.9 Å². The van der Waals surface area contributed by atoms with Crippen LogP contribution in [0.2, 0.25) is 0 Å². The summed E-state index contributed by atoms with van der Waals surface area (Å²) in [6, 6.07) is 17.8. The quantitative estimate of drug-likeness (QED) is 0.869. The van der Waals surface area contributed by atoms with Gasteiger partial charge in [-0.05, 0) is 29.7 Å². The molecule has 4 rings (SSSR count). The number of carbonyl (C=O) groups excluding carboxylic acids is 2. The summed E-state index contributed by atoms with van der Waals surface area (Å²) in [6.07, 6.45) is 2.35. The number of ether oxygens (including phenoxy) is 1. The Morgan fingerprint density at radius 2 is 1.86 bits per heavy atom. The van der Waals surface area contributed by atoms with E-state index in [2.05, 4.69) is 23.5 Å². The fourth-order valence-electron chi connectivity index (χ4n) is 3.83. The summed E-state index contributed by atoms with van der Waals surface area (Å²) in [4.78, 5) is 28.9. The number of para-hydroxylation sites is 2. The van der Waals surface area contributed by atoms with Gasteiger partial charge >= 0.3 is 0 Å². The smallest absolute Gasteiger partial charge is 0.262 e. The maximum absolute atomic E-state index is 13.0. The molecule has 6 heteroatoms. The molecule has 2 amide bonds. The van der Waals surface area contributed by atoms with Crippen molar-refractivity contribution < 1.29 is 14.3 Å². The number of anilines is 1. The molecule has 2 aliphatic rings. The van der Waals surface area contributed by atoms with Gasteiger partial charge in [-0.1, -0.05) is 48.5 Å². The first kappa shape index (κ1) is 19.1. The lowest BCUT2D eigenvalue weighted by atomic mass is 9.99. The highest BCUT2D eigenvalue weighted by Crippen LogP contribution is 2.33. The molecule has 0 bridgehead atoms. The fraction of sp³-hybridized carbons (Fsp3) is 0.304. The van der Waals surface area contributed by atoms with E-state index in [4.69, 9.17) is 4.74 Å². The molecular formula is C23H25N3O3. The topological polar surface area (TPSA) is 61.9 Å². The molecule has 0 saturated carbocycles. The first-order valence-electron chi connectivity index (χ1n) is 9.90. The Morgan fingerprint density at radius 3 is 2.59 bits per heavy atom. The van der Waals surface area contributed by atoms with Crippen LogP contribution in [0.5, 0.6) is 5.75 Å². The van der Waals surface area contributed by atoms with Gasteiger partial charge in [-0.2, -0.15) is 0 Å². The highest BCUT2D eigenvalue weighted by Gasteiger charge is 2.32. The lowest BCUT2D eigenvalue weighted by Gasteiger charge is -2.36. The lowest BCUT2D eigenvalue weighted by molar-refractivity contribution is -0.130. The third-order valence-corrected chi connectivity index (χ3v) is 5.43. The average molecular weight is 391 g/mol. The van der Waals surface area contributed by atoms with Crippen LogP contribution in [0.3, 0.4) is 0 Å². The van der Waals surface area contributed by atoms with Crippen LogP contribution < -0.4 is 15.0 Å². The molecule has 0 aromatic heterocycles. The molecule has 1 N–H and O–H groups in total. The molecule has 2 aromatic rings. The number of fused-ring (bicyclic) bond motifs is 1. The van der Waals surface area contributed by atoms with Gasteiger partial charge in [0, 0.05) is 20.1 Å². The van der Waals surface area contributed by atoms with Crippen LogP contribution in [0.4, 0.5) is 5.69 Å². The molecule has 2 heterocycles. The van der Waals surface area contributed by atoms with Crippen molar-refractivity contribution in [3.8, 4) is 5.75 Å². The van der Waals surface area contributed by atoms with Gasteiger partial charge in [0.1, 0.15) is 5.75 Å². The molecule has 0 radical (unpaired) electrons. The number of hydrogen-bond acceptors (Lipinski definition) is 4. The van der Waals surface area contributed by atoms with Crippen molar-refractivity contribution in [2.24, 2.45) is 0 Å². The molecule has 2 aromatic carbocycles. The highest BCUT2D eigenvalue weighted by atomic mass is 16.5. The summed E-state index contributed by atoms with van der Waals surface area (Å²) in [5.74, 6) is 0.496. The number of hydrogen-bond donors (Lipinski definition) is 1. The standard InChI is InChI=1S/C23H25N3O3/c1-24-23(28)21-15-26(19-9-5-6-10-20(19)29-21)16-22(27)25-13-11-18(12-14-25)17-7-3-2-4-8-17/h2-11,21H,12-16H2,1H3,(H,24,28)/t21-/m0/s1. The number of nitrogens with one attached hydrogen (secondary N) is 1. The van der Waals surface area contributed by atoms with Gasteiger partial charge in [-0.25, -0.2) is 0 Å². The second kappa shape index (κ2) is 8.39. The monoisotopic (exact) mass is 391 g/mol. The predicted molar refractivity (Wildman–Crippen MR) is 113 cm³/mol. The van der Waals surface area contributed by atoms with E-state index < -0.39 is 6.10 Å². The van der Waals surface area contributed by atoms with E-state index in [1.54, 1.807) is 7.05 Å². The molecular weight excluding hydrogens is 366 g/mol. The number of carbonyl (C=O) groups is 2. The van der Waals surface area contributed by atoms with Gasteiger partial charge in [0.05, 0.1) is 18.8 Å². The van der Waals surface area contributed by atoms with Crippen LogP contribution in [-0.2, 0) is 9.59 Å². The first-order valence-corrected chi connectivity index (χ1v) is 9.90. The Labute approximate surface area is 170 Å². The molecule has 0 aliphatic carbocycles. The molecule has 0 unspecified atom stereocenters. The van der Waals surface area contributed by atoms with E-state index in [0.717, 1.165) is 12.1 Å². The third kappa shape index (κ3) is 4.11. The average Bonchev–Trinajstić information content (AvgIpc) is 2.79. The molecule has 0 saturated heterocycles. The molecule has 29 heavy (non-hydrogen) atoms. The van der Waals surface area contributed by atoms with Crippen LogP contribution in [0.15, 0.2) is 60.7 Å². The minimum atomic E-state index is -0.631. The number of likely N-dealkylation sites (N-methyl/N-ethyl adjacent to an activating group) is 1. The van der Waals surface area contributed by atoms with Crippen molar-refractivity contribution >= 4 is 23.1 Å². The minimum absolute atomic E-state index is 0.0562. The summed E-state index contributed by atoms with van der Waals surface area (Å²) < 4.78 is 5.82. The molecule has 6 nitrogen and oxygen atoms in total. The molecule has 1 atom stereocenters. The van der Waals surface area contributed by atoms with E-state index in [1.165, 1.54) is 11.1 Å². The number of benzene rings is 2. The van der Waals surface area contributed by atoms with Gasteiger partial charge in [0.2, 0.25) is 5.91 Å². The van der Waals surface area contributed by atoms with Gasteiger partial charge in [0.15, 0.2) is 6.10 Å². The number of rotatable bonds is 4. The van der Waals surface area contributed by atoms with Crippen LogP contribution in [0.25, 0.3) is 5.57 Å². The molecule has 150 valence electrons. The number of amides is 2. The molecule has 0 fully saturated rings. The predicted octanol–water partition coefficient (Wildman–Crippen LogP) is 2.32. The molecule has 0 spiro atoms. The van der Waals surface area contributed by atoms with Crippen molar-refractivity contribution in [3.63, 3.8) is 0 Å². The zero-order valence-electron chi connectivity index (χ0n) is 16.5.